The summed E-state index contributed by atoms with van der Waals surface area (Å²) in [7, 11) is 0. The number of hydrogen-bond acceptors (Lipinski definition) is 8. The number of urea groups is 1. The van der Waals surface area contributed by atoms with Gasteiger partial charge in [0.1, 0.15) is 11.5 Å². The lowest BCUT2D eigenvalue weighted by Crippen LogP contribution is -2.36. The summed E-state index contributed by atoms with van der Waals surface area (Å²) >= 11 is 0. The first-order valence-corrected chi connectivity index (χ1v) is 15.6. The van der Waals surface area contributed by atoms with E-state index in [0.717, 1.165) is 35.4 Å². The zero-order valence-corrected chi connectivity index (χ0v) is 26.0. The van der Waals surface area contributed by atoms with E-state index in [-0.39, 0.29) is 23.4 Å². The largest absolute Gasteiger partial charge is 0.457 e. The maximum absolute atomic E-state index is 12.7. The Hall–Kier alpha value is -4.80. The lowest BCUT2D eigenvalue weighted by molar-refractivity contribution is -0.128. The molecule has 1 N–H and O–H groups in total. The molecule has 1 aliphatic carbocycles. The highest BCUT2D eigenvalue weighted by molar-refractivity contribution is 5.80. The number of carbonyl (C=O) groups excluding carboxylic acids is 2. The van der Waals surface area contributed by atoms with Crippen molar-refractivity contribution in [1.29, 1.82) is 0 Å². The van der Waals surface area contributed by atoms with Crippen molar-refractivity contribution in [3.8, 4) is 34.2 Å². The average molecular weight is 608 g/mol. The molecule has 4 aromatic rings. The number of ether oxygens (including phenoxy) is 1. The molecule has 4 heterocycles. The fraction of sp³-hybridized carbons (Fsp3) is 0.412. The molecule has 0 bridgehead atoms. The van der Waals surface area contributed by atoms with E-state index in [4.69, 9.17) is 9.26 Å². The molecule has 0 unspecified atom stereocenters. The Balaban J connectivity index is 1.14. The van der Waals surface area contributed by atoms with Crippen molar-refractivity contribution < 1.29 is 18.8 Å². The fourth-order valence-electron chi connectivity index (χ4n) is 5.99. The van der Waals surface area contributed by atoms with Crippen LogP contribution in [0.5, 0.6) is 11.5 Å². The number of nitrogens with one attached hydrogen (secondary N) is 1. The zero-order valence-electron chi connectivity index (χ0n) is 26.0. The molecule has 45 heavy (non-hydrogen) atoms. The number of amides is 3. The minimum absolute atomic E-state index is 0.0765. The topological polar surface area (TPSA) is 127 Å². The third-order valence-electron chi connectivity index (χ3n) is 8.60. The molecule has 2 aromatic carbocycles. The molecule has 2 aromatic heterocycles. The fourth-order valence-corrected chi connectivity index (χ4v) is 5.99. The van der Waals surface area contributed by atoms with Crippen molar-refractivity contribution in [3.05, 3.63) is 71.7 Å². The second kappa shape index (κ2) is 11.3. The molecule has 3 fully saturated rings. The quantitative estimate of drug-likeness (QED) is 0.250. The number of carbonyl (C=O) groups is 2. The molecule has 11 nitrogen and oxygen atoms in total. The van der Waals surface area contributed by atoms with Gasteiger partial charge >= 0.3 is 6.03 Å². The summed E-state index contributed by atoms with van der Waals surface area (Å²) in [6.45, 7) is 9.76. The molecular formula is C34H37N7O4. The summed E-state index contributed by atoms with van der Waals surface area (Å²) in [6, 6.07) is 17.6. The Morgan fingerprint density at radius 3 is 2.47 bits per heavy atom. The van der Waals surface area contributed by atoms with Gasteiger partial charge in [0.05, 0.1) is 23.5 Å². The molecule has 1 atom stereocenters. The van der Waals surface area contributed by atoms with Crippen LogP contribution in [0.4, 0.5) is 4.79 Å². The van der Waals surface area contributed by atoms with Crippen molar-refractivity contribution >= 4 is 11.9 Å². The third kappa shape index (κ3) is 6.11. The molecule has 2 saturated heterocycles. The number of aromatic nitrogens is 4. The predicted octanol–water partition coefficient (Wildman–Crippen LogP) is 5.89. The first kappa shape index (κ1) is 28.9. The normalized spacial score (nSPS) is 19.4. The molecule has 7 rings (SSSR count). The Bertz CT molecular complexity index is 1730. The molecule has 11 heteroatoms. The van der Waals surface area contributed by atoms with Gasteiger partial charge in [-0.15, -0.1) is 0 Å². The van der Waals surface area contributed by atoms with E-state index < -0.39 is 0 Å². The van der Waals surface area contributed by atoms with Gasteiger partial charge in [-0.1, -0.05) is 25.1 Å². The molecule has 0 radical (unpaired) electrons. The number of rotatable bonds is 9. The highest BCUT2D eigenvalue weighted by Gasteiger charge is 2.41. The molecule has 3 aliphatic rings. The minimum Gasteiger partial charge on any atom is -0.457 e. The zero-order chi connectivity index (χ0) is 31.3. The second-order valence-electron chi connectivity index (χ2n) is 13.3. The van der Waals surface area contributed by atoms with E-state index in [2.05, 4.69) is 39.5 Å². The van der Waals surface area contributed by atoms with Crippen molar-refractivity contribution in [2.24, 2.45) is 0 Å². The SMILES string of the molecule is CC(C)c1ccc(-c2ccc(Oc3cc(-c4nc([C@H]5CC(=O)N(C6CC6)C5)no4)ccc3CN3CC(C)(C)NC3=O)cc2)nn1. The van der Waals surface area contributed by atoms with Crippen molar-refractivity contribution in [1.82, 2.24) is 35.5 Å². The highest BCUT2D eigenvalue weighted by Crippen LogP contribution is 2.37. The van der Waals surface area contributed by atoms with E-state index in [0.29, 0.717) is 66.8 Å². The van der Waals surface area contributed by atoms with Crippen LogP contribution in [-0.2, 0) is 11.3 Å². The predicted molar refractivity (Wildman–Crippen MR) is 166 cm³/mol. The average Bonchev–Trinajstić information content (AvgIpc) is 3.49. The minimum atomic E-state index is -0.318. The molecule has 232 valence electrons. The van der Waals surface area contributed by atoms with Gasteiger partial charge in [0.2, 0.25) is 5.91 Å². The van der Waals surface area contributed by atoms with Crippen LogP contribution >= 0.6 is 0 Å². The van der Waals surface area contributed by atoms with E-state index in [9.17, 15) is 9.59 Å². The highest BCUT2D eigenvalue weighted by atomic mass is 16.5. The summed E-state index contributed by atoms with van der Waals surface area (Å²) < 4.78 is 12.1. The summed E-state index contributed by atoms with van der Waals surface area (Å²) in [5, 5.41) is 16.0. The number of nitrogens with zero attached hydrogens (tertiary/aromatic N) is 6. The maximum atomic E-state index is 12.7. The molecular weight excluding hydrogens is 570 g/mol. The molecule has 2 aliphatic heterocycles. The van der Waals surface area contributed by atoms with Crippen LogP contribution in [0.1, 0.15) is 75.9 Å². The van der Waals surface area contributed by atoms with Gasteiger partial charge in [-0.25, -0.2) is 4.79 Å². The number of benzene rings is 2. The van der Waals surface area contributed by atoms with Gasteiger partial charge in [0.15, 0.2) is 5.82 Å². The van der Waals surface area contributed by atoms with Gasteiger partial charge in [-0.3, -0.25) is 4.79 Å². The van der Waals surface area contributed by atoms with Crippen molar-refractivity contribution in [2.75, 3.05) is 13.1 Å². The van der Waals surface area contributed by atoms with Gasteiger partial charge in [0.25, 0.3) is 5.89 Å². The number of hydrogen-bond donors (Lipinski definition) is 1. The Labute approximate surface area is 262 Å². The van der Waals surface area contributed by atoms with Crippen LogP contribution in [0, 0.1) is 0 Å². The van der Waals surface area contributed by atoms with E-state index in [1.54, 1.807) is 4.90 Å². The van der Waals surface area contributed by atoms with Gasteiger partial charge < -0.3 is 24.4 Å². The second-order valence-corrected chi connectivity index (χ2v) is 13.3. The van der Waals surface area contributed by atoms with E-state index in [1.165, 1.54) is 0 Å². The first-order chi connectivity index (χ1) is 21.6. The van der Waals surface area contributed by atoms with Crippen molar-refractivity contribution in [3.63, 3.8) is 0 Å². The Morgan fingerprint density at radius 2 is 1.80 bits per heavy atom. The molecule has 3 amide bonds. The lowest BCUT2D eigenvalue weighted by atomic mass is 10.1. The molecule has 0 spiro atoms. The van der Waals surface area contributed by atoms with Gasteiger partial charge in [0, 0.05) is 48.2 Å². The van der Waals surface area contributed by atoms with Crippen LogP contribution in [0.2, 0.25) is 0 Å². The number of likely N-dealkylation sites (tertiary alicyclic amines) is 1. The smallest absolute Gasteiger partial charge is 0.318 e. The van der Waals surface area contributed by atoms with Crippen LogP contribution < -0.4 is 10.1 Å². The third-order valence-corrected chi connectivity index (χ3v) is 8.60. The Kier molecular flexibility index (Phi) is 7.26. The van der Waals surface area contributed by atoms with Crippen LogP contribution in [0.25, 0.3) is 22.7 Å². The van der Waals surface area contributed by atoms with Crippen LogP contribution in [0.3, 0.4) is 0 Å². The summed E-state index contributed by atoms with van der Waals surface area (Å²) in [4.78, 5) is 33.6. The van der Waals surface area contributed by atoms with E-state index in [1.807, 2.05) is 73.3 Å². The van der Waals surface area contributed by atoms with Crippen LogP contribution in [-0.4, -0.2) is 66.7 Å². The summed E-state index contributed by atoms with van der Waals surface area (Å²) in [6.07, 6.45) is 2.55. The molecule has 1 saturated carbocycles. The maximum Gasteiger partial charge on any atom is 0.318 e. The van der Waals surface area contributed by atoms with Gasteiger partial charge in [-0.05, 0) is 81.1 Å². The van der Waals surface area contributed by atoms with E-state index >= 15 is 0 Å². The standard InChI is InChI=1S/C34H37N7O4/c1-20(2)27-13-14-28(38-37-27)21-7-11-26(12-8-21)44-29-15-22(5-6-23(29)17-40-19-34(3,4)36-33(40)43)32-35-31(39-45-32)24-16-30(42)41(18-24)25-9-10-25/h5-8,11-15,20,24-25H,9-10,16-19H2,1-4H3,(H,36,43)/t24-/m0/s1. The first-order valence-electron chi connectivity index (χ1n) is 15.6. The van der Waals surface area contributed by atoms with Crippen LogP contribution in [0.15, 0.2) is 59.1 Å². The summed E-state index contributed by atoms with van der Waals surface area (Å²) in [5.74, 6) is 2.51. The monoisotopic (exact) mass is 607 g/mol. The lowest BCUT2D eigenvalue weighted by Gasteiger charge is -2.20. The Morgan fingerprint density at radius 1 is 1.02 bits per heavy atom. The summed E-state index contributed by atoms with van der Waals surface area (Å²) in [5.41, 5.74) is 3.88. The van der Waals surface area contributed by atoms with Gasteiger partial charge in [-0.2, -0.15) is 15.2 Å². The van der Waals surface area contributed by atoms with Crippen molar-refractivity contribution in [2.45, 2.75) is 76.9 Å².